The highest BCUT2D eigenvalue weighted by Gasteiger charge is 2.17. The summed E-state index contributed by atoms with van der Waals surface area (Å²) >= 11 is 0. The van der Waals surface area contributed by atoms with E-state index in [1.165, 1.54) is 17.6 Å². The highest BCUT2D eigenvalue weighted by molar-refractivity contribution is 5.15. The average Bonchev–Trinajstić information content (AvgIpc) is 2.35. The number of benzene rings is 1. The van der Waals surface area contributed by atoms with Crippen LogP contribution in [0.15, 0.2) is 42.0 Å². The third-order valence-corrected chi connectivity index (χ3v) is 3.31. The van der Waals surface area contributed by atoms with Crippen LogP contribution < -0.4 is 0 Å². The highest BCUT2D eigenvalue weighted by atomic mass is 16.2. The Kier molecular flexibility index (Phi) is 6.14. The van der Waals surface area contributed by atoms with Gasteiger partial charge in [0, 0.05) is 6.61 Å². The SMILES string of the molecule is C/C(=C\CCO)CC(C)(C)CCc1ccccc1. The van der Waals surface area contributed by atoms with E-state index >= 15 is 0 Å². The van der Waals surface area contributed by atoms with Crippen molar-refractivity contribution >= 4 is 0 Å². The van der Waals surface area contributed by atoms with Crippen LogP contribution >= 0.6 is 0 Å². The second-order valence-corrected chi connectivity index (χ2v) is 5.89. The summed E-state index contributed by atoms with van der Waals surface area (Å²) in [5.41, 5.74) is 3.14. The third kappa shape index (κ3) is 6.02. The summed E-state index contributed by atoms with van der Waals surface area (Å²) in [5.74, 6) is 0. The molecular weight excluding hydrogens is 220 g/mol. The van der Waals surface area contributed by atoms with E-state index in [1.807, 2.05) is 0 Å². The Labute approximate surface area is 112 Å². The predicted octanol–water partition coefficient (Wildman–Crippen LogP) is 4.36. The summed E-state index contributed by atoms with van der Waals surface area (Å²) < 4.78 is 0. The second-order valence-electron chi connectivity index (χ2n) is 5.89. The van der Waals surface area contributed by atoms with Gasteiger partial charge in [-0.1, -0.05) is 55.8 Å². The molecule has 0 spiro atoms. The van der Waals surface area contributed by atoms with E-state index in [4.69, 9.17) is 5.11 Å². The number of aryl methyl sites for hydroxylation is 1. The van der Waals surface area contributed by atoms with Gasteiger partial charge in [-0.05, 0) is 43.6 Å². The van der Waals surface area contributed by atoms with Gasteiger partial charge in [0.05, 0.1) is 0 Å². The molecule has 0 atom stereocenters. The smallest absolute Gasteiger partial charge is 0.0465 e. The fourth-order valence-electron chi connectivity index (χ4n) is 2.35. The summed E-state index contributed by atoms with van der Waals surface area (Å²) in [6.07, 6.45) is 6.38. The molecular formula is C17H26O. The van der Waals surface area contributed by atoms with Gasteiger partial charge in [0.2, 0.25) is 0 Å². The minimum absolute atomic E-state index is 0.252. The van der Waals surface area contributed by atoms with Gasteiger partial charge in [-0.2, -0.15) is 0 Å². The Balaban J connectivity index is 2.44. The Morgan fingerprint density at radius 1 is 1.22 bits per heavy atom. The summed E-state index contributed by atoms with van der Waals surface area (Å²) in [7, 11) is 0. The number of aliphatic hydroxyl groups is 1. The average molecular weight is 246 g/mol. The molecule has 18 heavy (non-hydrogen) atoms. The van der Waals surface area contributed by atoms with Crippen molar-refractivity contribution in [1.29, 1.82) is 0 Å². The van der Waals surface area contributed by atoms with Crippen molar-refractivity contribution in [3.63, 3.8) is 0 Å². The monoisotopic (exact) mass is 246 g/mol. The van der Waals surface area contributed by atoms with Crippen LogP contribution in [0, 0.1) is 5.41 Å². The molecule has 1 rings (SSSR count). The van der Waals surface area contributed by atoms with Crippen LogP contribution in [-0.4, -0.2) is 11.7 Å². The largest absolute Gasteiger partial charge is 0.396 e. The van der Waals surface area contributed by atoms with Gasteiger partial charge in [0.15, 0.2) is 0 Å². The van der Waals surface area contributed by atoms with Crippen molar-refractivity contribution in [2.75, 3.05) is 6.61 Å². The number of aliphatic hydroxyl groups excluding tert-OH is 1. The van der Waals surface area contributed by atoms with Crippen LogP contribution in [0.5, 0.6) is 0 Å². The Hall–Kier alpha value is -1.08. The molecule has 1 aromatic carbocycles. The summed E-state index contributed by atoms with van der Waals surface area (Å²) in [4.78, 5) is 0. The lowest BCUT2D eigenvalue weighted by atomic mass is 9.80. The van der Waals surface area contributed by atoms with Crippen molar-refractivity contribution in [3.05, 3.63) is 47.5 Å². The number of hydrogen-bond acceptors (Lipinski definition) is 1. The number of allylic oxidation sites excluding steroid dienone is 1. The van der Waals surface area contributed by atoms with E-state index in [0.29, 0.717) is 5.41 Å². The molecule has 0 aromatic heterocycles. The predicted molar refractivity (Wildman–Crippen MR) is 78.6 cm³/mol. The molecule has 0 bridgehead atoms. The maximum atomic E-state index is 8.82. The third-order valence-electron chi connectivity index (χ3n) is 3.31. The van der Waals surface area contributed by atoms with Gasteiger partial charge >= 0.3 is 0 Å². The molecule has 0 aliphatic rings. The number of hydrogen-bond donors (Lipinski definition) is 1. The Morgan fingerprint density at radius 2 is 1.89 bits per heavy atom. The molecule has 0 radical (unpaired) electrons. The van der Waals surface area contributed by atoms with E-state index < -0.39 is 0 Å². The number of rotatable bonds is 7. The van der Waals surface area contributed by atoms with Crippen LogP contribution in [0.4, 0.5) is 0 Å². The summed E-state index contributed by atoms with van der Waals surface area (Å²) in [5, 5.41) is 8.82. The first kappa shape index (κ1) is 15.0. The quantitative estimate of drug-likeness (QED) is 0.709. The molecule has 1 aromatic rings. The second kappa shape index (κ2) is 7.38. The summed E-state index contributed by atoms with van der Waals surface area (Å²) in [6, 6.07) is 10.7. The van der Waals surface area contributed by atoms with Gasteiger partial charge in [-0.3, -0.25) is 0 Å². The molecule has 0 heterocycles. The molecule has 0 unspecified atom stereocenters. The molecule has 0 fully saturated rings. The van der Waals surface area contributed by atoms with E-state index in [0.717, 1.165) is 19.3 Å². The molecule has 0 saturated heterocycles. The lowest BCUT2D eigenvalue weighted by molar-refractivity contribution is 0.300. The zero-order valence-corrected chi connectivity index (χ0v) is 11.9. The Morgan fingerprint density at radius 3 is 2.50 bits per heavy atom. The van der Waals surface area contributed by atoms with E-state index in [9.17, 15) is 0 Å². The van der Waals surface area contributed by atoms with Crippen LogP contribution in [0.3, 0.4) is 0 Å². The fraction of sp³-hybridized carbons (Fsp3) is 0.529. The minimum atomic E-state index is 0.252. The standard InChI is InChI=1S/C17H26O/c1-15(8-7-13-18)14-17(2,3)12-11-16-9-5-4-6-10-16/h4-6,8-10,18H,7,11-14H2,1-3H3/b15-8+. The maximum absolute atomic E-state index is 8.82. The molecule has 1 nitrogen and oxygen atoms in total. The molecule has 1 heteroatoms. The van der Waals surface area contributed by atoms with Crippen molar-refractivity contribution in [3.8, 4) is 0 Å². The van der Waals surface area contributed by atoms with Gasteiger partial charge in [0.25, 0.3) is 0 Å². The molecule has 100 valence electrons. The van der Waals surface area contributed by atoms with Crippen molar-refractivity contribution < 1.29 is 5.11 Å². The molecule has 0 aliphatic heterocycles. The molecule has 1 N–H and O–H groups in total. The van der Waals surface area contributed by atoms with Crippen LogP contribution in [-0.2, 0) is 6.42 Å². The molecule has 0 aliphatic carbocycles. The Bertz CT molecular complexity index is 362. The lowest BCUT2D eigenvalue weighted by Gasteiger charge is -2.25. The zero-order chi connectivity index (χ0) is 13.4. The lowest BCUT2D eigenvalue weighted by Crippen LogP contribution is -2.13. The van der Waals surface area contributed by atoms with Gasteiger partial charge in [0.1, 0.15) is 0 Å². The zero-order valence-electron chi connectivity index (χ0n) is 11.9. The minimum Gasteiger partial charge on any atom is -0.396 e. The molecule has 0 saturated carbocycles. The fourth-order valence-corrected chi connectivity index (χ4v) is 2.35. The van der Waals surface area contributed by atoms with Crippen molar-refractivity contribution in [1.82, 2.24) is 0 Å². The first-order chi connectivity index (χ1) is 8.53. The summed E-state index contributed by atoms with van der Waals surface area (Å²) in [6.45, 7) is 7.07. The maximum Gasteiger partial charge on any atom is 0.0465 e. The van der Waals surface area contributed by atoms with E-state index in [-0.39, 0.29) is 6.61 Å². The van der Waals surface area contributed by atoms with Crippen molar-refractivity contribution in [2.24, 2.45) is 5.41 Å². The van der Waals surface area contributed by atoms with Crippen LogP contribution in [0.25, 0.3) is 0 Å². The van der Waals surface area contributed by atoms with Gasteiger partial charge < -0.3 is 5.11 Å². The van der Waals surface area contributed by atoms with Crippen molar-refractivity contribution in [2.45, 2.75) is 46.5 Å². The van der Waals surface area contributed by atoms with Gasteiger partial charge in [-0.25, -0.2) is 0 Å². The van der Waals surface area contributed by atoms with E-state index in [2.05, 4.69) is 57.2 Å². The molecule has 0 amide bonds. The van der Waals surface area contributed by atoms with Gasteiger partial charge in [-0.15, -0.1) is 0 Å². The first-order valence-electron chi connectivity index (χ1n) is 6.84. The van der Waals surface area contributed by atoms with Crippen LogP contribution in [0.2, 0.25) is 0 Å². The topological polar surface area (TPSA) is 20.2 Å². The first-order valence-corrected chi connectivity index (χ1v) is 6.84. The van der Waals surface area contributed by atoms with E-state index in [1.54, 1.807) is 0 Å². The highest BCUT2D eigenvalue weighted by Crippen LogP contribution is 2.30. The normalized spacial score (nSPS) is 12.8. The van der Waals surface area contributed by atoms with Crippen LogP contribution in [0.1, 0.15) is 45.6 Å².